The predicted octanol–water partition coefficient (Wildman–Crippen LogP) is 1.06. The first-order valence-electron chi connectivity index (χ1n) is 5.45. The van der Waals surface area contributed by atoms with Crippen LogP contribution in [-0.2, 0) is 20.7 Å². The molecule has 0 radical (unpaired) electrons. The van der Waals surface area contributed by atoms with Gasteiger partial charge in [0.2, 0.25) is 5.91 Å². The van der Waals surface area contributed by atoms with Gasteiger partial charge in [-0.15, -0.1) is 11.3 Å². The lowest BCUT2D eigenvalue weighted by molar-refractivity contribution is -0.143. The second-order valence-electron chi connectivity index (χ2n) is 3.44. The van der Waals surface area contributed by atoms with Crippen molar-refractivity contribution in [1.82, 2.24) is 10.3 Å². The second kappa shape index (κ2) is 7.01. The molecule has 1 heterocycles. The van der Waals surface area contributed by atoms with Gasteiger partial charge in [-0.25, -0.2) is 4.98 Å². The Kier molecular flexibility index (Phi) is 5.62. The van der Waals surface area contributed by atoms with Crippen LogP contribution in [0.2, 0.25) is 0 Å². The highest BCUT2D eigenvalue weighted by Gasteiger charge is 2.07. The highest BCUT2D eigenvalue weighted by Crippen LogP contribution is 2.08. The number of hydrogen-bond acceptors (Lipinski definition) is 5. The molecular formula is C11H16N2O3S. The molecule has 6 heteroatoms. The number of rotatable bonds is 6. The van der Waals surface area contributed by atoms with Gasteiger partial charge >= 0.3 is 5.97 Å². The first-order chi connectivity index (χ1) is 8.11. The number of ether oxygens (including phenoxy) is 1. The summed E-state index contributed by atoms with van der Waals surface area (Å²) in [4.78, 5) is 26.7. The molecule has 1 aromatic rings. The molecule has 0 unspecified atom stereocenters. The summed E-state index contributed by atoms with van der Waals surface area (Å²) in [6.07, 6.45) is 0.461. The molecule has 0 aliphatic rings. The molecule has 0 spiro atoms. The predicted molar refractivity (Wildman–Crippen MR) is 64.8 cm³/mol. The van der Waals surface area contributed by atoms with Crippen molar-refractivity contribution in [2.45, 2.75) is 26.7 Å². The molecule has 17 heavy (non-hydrogen) atoms. The third kappa shape index (κ3) is 5.44. The minimum Gasteiger partial charge on any atom is -0.466 e. The topological polar surface area (TPSA) is 68.3 Å². The van der Waals surface area contributed by atoms with Gasteiger partial charge in [0.25, 0.3) is 0 Å². The molecule has 94 valence electrons. The van der Waals surface area contributed by atoms with Gasteiger partial charge in [-0.1, -0.05) is 0 Å². The van der Waals surface area contributed by atoms with E-state index in [2.05, 4.69) is 10.3 Å². The first-order valence-corrected chi connectivity index (χ1v) is 6.33. The van der Waals surface area contributed by atoms with Crippen LogP contribution in [0.15, 0.2) is 5.38 Å². The zero-order valence-corrected chi connectivity index (χ0v) is 10.8. The van der Waals surface area contributed by atoms with Crippen LogP contribution in [0, 0.1) is 6.92 Å². The number of thiazole rings is 1. The molecule has 0 atom stereocenters. The fourth-order valence-corrected chi connectivity index (χ4v) is 1.87. The molecule has 1 N–H and O–H groups in total. The SMILES string of the molecule is CCOC(=O)CCNC(=O)Cc1csc(C)n1. The Morgan fingerprint density at radius 1 is 1.53 bits per heavy atom. The minimum atomic E-state index is -0.294. The summed E-state index contributed by atoms with van der Waals surface area (Å²) in [5.74, 6) is -0.420. The Balaban J connectivity index is 2.19. The lowest BCUT2D eigenvalue weighted by Gasteiger charge is -2.03. The first kappa shape index (κ1) is 13.6. The van der Waals surface area contributed by atoms with E-state index in [9.17, 15) is 9.59 Å². The van der Waals surface area contributed by atoms with Crippen LogP contribution < -0.4 is 5.32 Å². The summed E-state index contributed by atoms with van der Waals surface area (Å²) in [5.41, 5.74) is 0.765. The molecule has 0 saturated carbocycles. The van der Waals surface area contributed by atoms with E-state index in [1.54, 1.807) is 6.92 Å². The van der Waals surface area contributed by atoms with Crippen molar-refractivity contribution < 1.29 is 14.3 Å². The van der Waals surface area contributed by atoms with Crippen LogP contribution >= 0.6 is 11.3 Å². The second-order valence-corrected chi connectivity index (χ2v) is 4.50. The van der Waals surface area contributed by atoms with Crippen molar-refractivity contribution in [3.05, 3.63) is 16.1 Å². The number of esters is 1. The third-order valence-electron chi connectivity index (χ3n) is 1.96. The largest absolute Gasteiger partial charge is 0.466 e. The average molecular weight is 256 g/mol. The number of amides is 1. The molecular weight excluding hydrogens is 240 g/mol. The highest BCUT2D eigenvalue weighted by atomic mass is 32.1. The van der Waals surface area contributed by atoms with Crippen LogP contribution in [0.3, 0.4) is 0 Å². The maximum atomic E-state index is 11.5. The van der Waals surface area contributed by atoms with E-state index in [0.29, 0.717) is 13.2 Å². The van der Waals surface area contributed by atoms with Crippen LogP contribution in [0.1, 0.15) is 24.0 Å². The highest BCUT2D eigenvalue weighted by molar-refractivity contribution is 7.09. The molecule has 0 aromatic carbocycles. The molecule has 0 aliphatic carbocycles. The number of aryl methyl sites for hydroxylation is 1. The summed E-state index contributed by atoms with van der Waals surface area (Å²) in [6, 6.07) is 0. The van der Waals surface area contributed by atoms with Crippen molar-refractivity contribution >= 4 is 23.2 Å². The lowest BCUT2D eigenvalue weighted by Crippen LogP contribution is -2.28. The van der Waals surface area contributed by atoms with Crippen molar-refractivity contribution in [3.8, 4) is 0 Å². The lowest BCUT2D eigenvalue weighted by atomic mass is 10.3. The van der Waals surface area contributed by atoms with E-state index < -0.39 is 0 Å². The summed E-state index contributed by atoms with van der Waals surface area (Å²) in [7, 11) is 0. The molecule has 1 amide bonds. The monoisotopic (exact) mass is 256 g/mol. The van der Waals surface area contributed by atoms with Crippen LogP contribution in [0.25, 0.3) is 0 Å². The van der Waals surface area contributed by atoms with Crippen molar-refractivity contribution in [2.24, 2.45) is 0 Å². The van der Waals surface area contributed by atoms with Gasteiger partial charge in [0.05, 0.1) is 30.2 Å². The number of nitrogens with zero attached hydrogens (tertiary/aromatic N) is 1. The number of nitrogens with one attached hydrogen (secondary N) is 1. The Labute approximate surface area is 104 Å². The number of carbonyl (C=O) groups is 2. The van der Waals surface area contributed by atoms with Crippen molar-refractivity contribution in [1.29, 1.82) is 0 Å². The Bertz CT molecular complexity index is 390. The van der Waals surface area contributed by atoms with E-state index in [0.717, 1.165) is 10.7 Å². The molecule has 0 fully saturated rings. The van der Waals surface area contributed by atoms with E-state index in [4.69, 9.17) is 4.74 Å². The quantitative estimate of drug-likeness (QED) is 0.773. The van der Waals surface area contributed by atoms with Gasteiger partial charge < -0.3 is 10.1 Å². The fraction of sp³-hybridized carbons (Fsp3) is 0.545. The molecule has 0 saturated heterocycles. The van der Waals surface area contributed by atoms with Crippen LogP contribution in [0.4, 0.5) is 0 Å². The Morgan fingerprint density at radius 3 is 2.88 bits per heavy atom. The van der Waals surface area contributed by atoms with Gasteiger partial charge in [0, 0.05) is 11.9 Å². The van der Waals surface area contributed by atoms with E-state index in [1.165, 1.54) is 11.3 Å². The van der Waals surface area contributed by atoms with Gasteiger partial charge in [0.15, 0.2) is 0 Å². The van der Waals surface area contributed by atoms with Crippen LogP contribution in [0.5, 0.6) is 0 Å². The molecule has 0 bridgehead atoms. The molecule has 5 nitrogen and oxygen atoms in total. The standard InChI is InChI=1S/C11H16N2O3S/c1-3-16-11(15)4-5-12-10(14)6-9-7-17-8(2)13-9/h7H,3-6H2,1-2H3,(H,12,14). The Hall–Kier alpha value is -1.43. The molecule has 0 aliphatic heterocycles. The van der Waals surface area contributed by atoms with E-state index >= 15 is 0 Å². The third-order valence-corrected chi connectivity index (χ3v) is 2.79. The smallest absolute Gasteiger partial charge is 0.307 e. The average Bonchev–Trinajstić information content (AvgIpc) is 2.64. The van der Waals surface area contributed by atoms with Crippen LogP contribution in [-0.4, -0.2) is 30.0 Å². The zero-order valence-electron chi connectivity index (χ0n) is 9.99. The van der Waals surface area contributed by atoms with E-state index in [1.807, 2.05) is 12.3 Å². The van der Waals surface area contributed by atoms with Gasteiger partial charge in [-0.05, 0) is 13.8 Å². The summed E-state index contributed by atoms with van der Waals surface area (Å²) in [5, 5.41) is 5.46. The zero-order chi connectivity index (χ0) is 12.7. The number of aromatic nitrogens is 1. The fourth-order valence-electron chi connectivity index (χ4n) is 1.25. The van der Waals surface area contributed by atoms with Gasteiger partial charge in [-0.3, -0.25) is 9.59 Å². The summed E-state index contributed by atoms with van der Waals surface area (Å²) in [6.45, 7) is 4.32. The molecule has 1 rings (SSSR count). The Morgan fingerprint density at radius 2 is 2.29 bits per heavy atom. The summed E-state index contributed by atoms with van der Waals surface area (Å²) < 4.78 is 4.74. The van der Waals surface area contributed by atoms with Crippen molar-refractivity contribution in [2.75, 3.05) is 13.2 Å². The van der Waals surface area contributed by atoms with Gasteiger partial charge in [-0.2, -0.15) is 0 Å². The van der Waals surface area contributed by atoms with Crippen molar-refractivity contribution in [3.63, 3.8) is 0 Å². The maximum Gasteiger partial charge on any atom is 0.307 e. The number of hydrogen-bond donors (Lipinski definition) is 1. The minimum absolute atomic E-state index is 0.125. The van der Waals surface area contributed by atoms with E-state index in [-0.39, 0.29) is 24.7 Å². The summed E-state index contributed by atoms with van der Waals surface area (Å²) >= 11 is 1.52. The maximum absolute atomic E-state index is 11.5. The molecule has 1 aromatic heterocycles. The number of carbonyl (C=O) groups excluding carboxylic acids is 2. The van der Waals surface area contributed by atoms with Gasteiger partial charge in [0.1, 0.15) is 0 Å². The normalized spacial score (nSPS) is 10.0.